The standard InChI is InChI=1S/C16H18N4OS/c17-16-18-8-12(22-16)10-20-7-3-4-11(9-20)15-19-13-5-1-2-6-14(13)21-15/h1-2,5-6,8,11H,3-4,7,9-10H2,(H2,17,18)/t11-/m0/s1. The van der Waals surface area contributed by atoms with Gasteiger partial charge in [0, 0.05) is 30.1 Å². The van der Waals surface area contributed by atoms with Crippen LogP contribution < -0.4 is 5.73 Å². The Balaban J connectivity index is 1.50. The molecule has 1 aromatic carbocycles. The summed E-state index contributed by atoms with van der Waals surface area (Å²) in [4.78, 5) is 12.4. The van der Waals surface area contributed by atoms with E-state index < -0.39 is 0 Å². The number of anilines is 1. The molecule has 0 bridgehead atoms. The molecule has 0 radical (unpaired) electrons. The highest BCUT2D eigenvalue weighted by Crippen LogP contribution is 2.30. The Morgan fingerprint density at radius 1 is 1.36 bits per heavy atom. The number of rotatable bonds is 3. The average molecular weight is 314 g/mol. The van der Waals surface area contributed by atoms with Crippen LogP contribution in [0.3, 0.4) is 0 Å². The predicted octanol–water partition coefficient (Wildman–Crippen LogP) is 3.25. The molecule has 114 valence electrons. The van der Waals surface area contributed by atoms with Gasteiger partial charge in [-0.1, -0.05) is 12.1 Å². The Morgan fingerprint density at radius 3 is 3.09 bits per heavy atom. The number of thiazole rings is 1. The molecule has 1 atom stereocenters. The number of para-hydroxylation sites is 2. The lowest BCUT2D eigenvalue weighted by molar-refractivity contribution is 0.188. The molecule has 5 nitrogen and oxygen atoms in total. The molecule has 4 rings (SSSR count). The second kappa shape index (κ2) is 5.70. The first-order valence-electron chi connectivity index (χ1n) is 7.56. The molecule has 1 aliphatic heterocycles. The fourth-order valence-corrected chi connectivity index (χ4v) is 3.81. The molecule has 1 aliphatic rings. The van der Waals surface area contributed by atoms with E-state index in [0.29, 0.717) is 11.0 Å². The summed E-state index contributed by atoms with van der Waals surface area (Å²) in [5, 5.41) is 0.641. The minimum Gasteiger partial charge on any atom is -0.440 e. The van der Waals surface area contributed by atoms with Gasteiger partial charge in [0.1, 0.15) is 5.52 Å². The van der Waals surface area contributed by atoms with E-state index in [1.54, 1.807) is 11.3 Å². The molecular weight excluding hydrogens is 296 g/mol. The van der Waals surface area contributed by atoms with Crippen LogP contribution in [0.4, 0.5) is 5.13 Å². The third-order valence-electron chi connectivity index (χ3n) is 4.12. The zero-order valence-electron chi connectivity index (χ0n) is 12.2. The summed E-state index contributed by atoms with van der Waals surface area (Å²) >= 11 is 1.57. The van der Waals surface area contributed by atoms with Crippen molar-refractivity contribution in [3.63, 3.8) is 0 Å². The van der Waals surface area contributed by atoms with Crippen molar-refractivity contribution >= 4 is 27.6 Å². The minimum atomic E-state index is 0.367. The van der Waals surface area contributed by atoms with Crippen LogP contribution >= 0.6 is 11.3 Å². The van der Waals surface area contributed by atoms with Crippen molar-refractivity contribution < 1.29 is 4.42 Å². The van der Waals surface area contributed by atoms with Crippen molar-refractivity contribution in [3.05, 3.63) is 41.2 Å². The molecule has 2 aromatic heterocycles. The Labute approximate surface area is 132 Å². The molecule has 3 heterocycles. The van der Waals surface area contributed by atoms with Crippen molar-refractivity contribution in [3.8, 4) is 0 Å². The second-order valence-corrected chi connectivity index (χ2v) is 6.91. The van der Waals surface area contributed by atoms with Gasteiger partial charge in [-0.25, -0.2) is 9.97 Å². The fourth-order valence-electron chi connectivity index (χ4n) is 3.08. The number of nitrogens with zero attached hydrogens (tertiary/aromatic N) is 3. The Hall–Kier alpha value is -1.92. The molecule has 1 fully saturated rings. The number of nitrogens with two attached hydrogens (primary N) is 1. The van der Waals surface area contributed by atoms with Gasteiger partial charge < -0.3 is 10.2 Å². The summed E-state index contributed by atoms with van der Waals surface area (Å²) < 4.78 is 5.94. The Kier molecular flexibility index (Phi) is 3.56. The van der Waals surface area contributed by atoms with Gasteiger partial charge in [0.15, 0.2) is 16.6 Å². The van der Waals surface area contributed by atoms with Gasteiger partial charge in [0.05, 0.1) is 0 Å². The summed E-state index contributed by atoms with van der Waals surface area (Å²) in [6.07, 6.45) is 4.18. The van der Waals surface area contributed by atoms with E-state index in [-0.39, 0.29) is 0 Å². The molecule has 3 aromatic rings. The van der Waals surface area contributed by atoms with Crippen molar-refractivity contribution in [2.45, 2.75) is 25.3 Å². The molecule has 22 heavy (non-hydrogen) atoms. The topological polar surface area (TPSA) is 68.2 Å². The van der Waals surface area contributed by atoms with E-state index in [4.69, 9.17) is 10.2 Å². The van der Waals surface area contributed by atoms with Crippen LogP contribution in [0.15, 0.2) is 34.9 Å². The third kappa shape index (κ3) is 2.71. The highest BCUT2D eigenvalue weighted by Gasteiger charge is 2.25. The predicted molar refractivity (Wildman–Crippen MR) is 87.8 cm³/mol. The lowest BCUT2D eigenvalue weighted by Gasteiger charge is -2.30. The number of oxazole rings is 1. The van der Waals surface area contributed by atoms with Gasteiger partial charge in [-0.15, -0.1) is 11.3 Å². The SMILES string of the molecule is Nc1ncc(CN2CCC[C@H](c3nc4ccccc4o3)C2)s1. The van der Waals surface area contributed by atoms with E-state index in [0.717, 1.165) is 49.5 Å². The van der Waals surface area contributed by atoms with Crippen LogP contribution in [0, 0.1) is 0 Å². The molecule has 1 saturated heterocycles. The van der Waals surface area contributed by atoms with Crippen LogP contribution in [-0.2, 0) is 6.54 Å². The highest BCUT2D eigenvalue weighted by molar-refractivity contribution is 7.15. The maximum atomic E-state index is 5.94. The first kappa shape index (κ1) is 13.7. The maximum Gasteiger partial charge on any atom is 0.199 e. The van der Waals surface area contributed by atoms with Crippen LogP contribution in [0.1, 0.15) is 29.5 Å². The molecule has 0 aliphatic carbocycles. The van der Waals surface area contributed by atoms with Crippen LogP contribution in [0.25, 0.3) is 11.1 Å². The van der Waals surface area contributed by atoms with Crippen LogP contribution in [0.2, 0.25) is 0 Å². The van der Waals surface area contributed by atoms with E-state index in [2.05, 4.69) is 14.9 Å². The fraction of sp³-hybridized carbons (Fsp3) is 0.375. The van der Waals surface area contributed by atoms with Crippen molar-refractivity contribution in [1.82, 2.24) is 14.9 Å². The average Bonchev–Trinajstić information content (AvgIpc) is 3.13. The number of fused-ring (bicyclic) bond motifs is 1. The number of nitrogen functional groups attached to an aromatic ring is 1. The van der Waals surface area contributed by atoms with Gasteiger partial charge in [0.25, 0.3) is 0 Å². The zero-order chi connectivity index (χ0) is 14.9. The monoisotopic (exact) mass is 314 g/mol. The van der Waals surface area contributed by atoms with Gasteiger partial charge in [-0.05, 0) is 31.5 Å². The minimum absolute atomic E-state index is 0.367. The van der Waals surface area contributed by atoms with Gasteiger partial charge >= 0.3 is 0 Å². The number of benzene rings is 1. The molecule has 0 saturated carbocycles. The normalized spacial score (nSPS) is 19.7. The first-order chi connectivity index (χ1) is 10.8. The largest absolute Gasteiger partial charge is 0.440 e. The molecule has 0 unspecified atom stereocenters. The number of piperidine rings is 1. The second-order valence-electron chi connectivity index (χ2n) is 5.76. The zero-order valence-corrected chi connectivity index (χ0v) is 13.1. The van der Waals surface area contributed by atoms with Crippen LogP contribution in [0.5, 0.6) is 0 Å². The molecule has 2 N–H and O–H groups in total. The summed E-state index contributed by atoms with van der Waals surface area (Å²) in [6, 6.07) is 7.96. The molecular formula is C16H18N4OS. The first-order valence-corrected chi connectivity index (χ1v) is 8.37. The highest BCUT2D eigenvalue weighted by atomic mass is 32.1. The number of likely N-dealkylation sites (tertiary alicyclic amines) is 1. The number of hydrogen-bond donors (Lipinski definition) is 1. The Bertz CT molecular complexity index is 748. The van der Waals surface area contributed by atoms with E-state index in [1.165, 1.54) is 4.88 Å². The Morgan fingerprint density at radius 2 is 2.27 bits per heavy atom. The van der Waals surface area contributed by atoms with Crippen LogP contribution in [-0.4, -0.2) is 28.0 Å². The lowest BCUT2D eigenvalue weighted by atomic mass is 9.98. The van der Waals surface area contributed by atoms with Gasteiger partial charge in [-0.2, -0.15) is 0 Å². The summed E-state index contributed by atoms with van der Waals surface area (Å²) in [6.45, 7) is 2.99. The van der Waals surface area contributed by atoms with E-state index in [1.807, 2.05) is 30.5 Å². The van der Waals surface area contributed by atoms with Crippen molar-refractivity contribution in [1.29, 1.82) is 0 Å². The number of hydrogen-bond acceptors (Lipinski definition) is 6. The smallest absolute Gasteiger partial charge is 0.199 e. The quantitative estimate of drug-likeness (QED) is 0.803. The van der Waals surface area contributed by atoms with Crippen molar-refractivity contribution in [2.75, 3.05) is 18.8 Å². The van der Waals surface area contributed by atoms with E-state index >= 15 is 0 Å². The van der Waals surface area contributed by atoms with Gasteiger partial charge in [-0.3, -0.25) is 4.90 Å². The van der Waals surface area contributed by atoms with Gasteiger partial charge in [0.2, 0.25) is 0 Å². The lowest BCUT2D eigenvalue weighted by Crippen LogP contribution is -2.33. The van der Waals surface area contributed by atoms with E-state index in [9.17, 15) is 0 Å². The molecule has 0 spiro atoms. The summed E-state index contributed by atoms with van der Waals surface area (Å²) in [7, 11) is 0. The molecule has 0 amide bonds. The summed E-state index contributed by atoms with van der Waals surface area (Å²) in [5.74, 6) is 1.24. The maximum absolute atomic E-state index is 5.94. The summed E-state index contributed by atoms with van der Waals surface area (Å²) in [5.41, 5.74) is 7.54. The molecule has 6 heteroatoms. The third-order valence-corrected chi connectivity index (χ3v) is 4.93. The van der Waals surface area contributed by atoms with Crippen molar-refractivity contribution in [2.24, 2.45) is 0 Å². The number of aromatic nitrogens is 2.